The number of nitrogens with zero attached hydrogens (tertiary/aromatic N) is 2. The van der Waals surface area contributed by atoms with Gasteiger partial charge in [0.1, 0.15) is 5.84 Å². The Morgan fingerprint density at radius 2 is 2.00 bits per heavy atom. The molecular weight excluding hydrogens is 154 g/mol. The van der Waals surface area contributed by atoms with E-state index in [9.17, 15) is 0 Å². The highest BCUT2D eigenvalue weighted by molar-refractivity contribution is 5.84. The molecule has 68 valence electrons. The summed E-state index contributed by atoms with van der Waals surface area (Å²) >= 11 is 0. The van der Waals surface area contributed by atoms with Gasteiger partial charge in [0.05, 0.1) is 26.3 Å². The fourth-order valence-corrected chi connectivity index (χ4v) is 1.28. The molecule has 2 rings (SSSR count). The number of hydrogen-bond acceptors (Lipinski definition) is 3. The van der Waals surface area contributed by atoms with Gasteiger partial charge in [0.2, 0.25) is 0 Å². The third-order valence-electron chi connectivity index (χ3n) is 2.24. The molecule has 1 saturated carbocycles. The molecule has 0 aromatic rings. The van der Waals surface area contributed by atoms with Crippen molar-refractivity contribution in [2.24, 2.45) is 16.8 Å². The Hall–Kier alpha value is -0.770. The highest BCUT2D eigenvalue weighted by Crippen LogP contribution is 2.28. The molecule has 4 nitrogen and oxygen atoms in total. The van der Waals surface area contributed by atoms with Crippen molar-refractivity contribution >= 4 is 5.84 Å². The molecule has 2 aliphatic rings. The Morgan fingerprint density at radius 1 is 1.33 bits per heavy atom. The Balaban J connectivity index is 1.85. The van der Waals surface area contributed by atoms with E-state index in [1.165, 1.54) is 12.8 Å². The second-order valence-corrected chi connectivity index (χ2v) is 3.37. The van der Waals surface area contributed by atoms with Gasteiger partial charge in [-0.2, -0.15) is 5.10 Å². The summed E-state index contributed by atoms with van der Waals surface area (Å²) in [6, 6.07) is 0. The number of morpholine rings is 1. The Labute approximate surface area is 72.4 Å². The van der Waals surface area contributed by atoms with Gasteiger partial charge in [0.25, 0.3) is 0 Å². The van der Waals surface area contributed by atoms with Crippen LogP contribution >= 0.6 is 0 Å². The van der Waals surface area contributed by atoms with Crippen LogP contribution < -0.4 is 5.73 Å². The molecular formula is C8H15N3O. The van der Waals surface area contributed by atoms with Gasteiger partial charge in [-0.3, -0.25) is 5.01 Å². The summed E-state index contributed by atoms with van der Waals surface area (Å²) in [5.74, 6) is 1.39. The molecule has 2 N–H and O–H groups in total. The smallest absolute Gasteiger partial charge is 0.122 e. The molecule has 0 bridgehead atoms. The van der Waals surface area contributed by atoms with Gasteiger partial charge >= 0.3 is 0 Å². The summed E-state index contributed by atoms with van der Waals surface area (Å²) in [5.41, 5.74) is 5.78. The van der Waals surface area contributed by atoms with Crippen molar-refractivity contribution in [3.63, 3.8) is 0 Å². The predicted octanol–water partition coefficient (Wildman–Crippen LogP) is 0.000800. The molecule has 1 aliphatic heterocycles. The average Bonchev–Trinajstić information content (AvgIpc) is 2.88. The number of hydrogen-bond donors (Lipinski definition) is 1. The van der Waals surface area contributed by atoms with E-state index < -0.39 is 0 Å². The predicted molar refractivity (Wildman–Crippen MR) is 46.7 cm³/mol. The van der Waals surface area contributed by atoms with Gasteiger partial charge in [-0.25, -0.2) is 0 Å². The monoisotopic (exact) mass is 169 g/mol. The van der Waals surface area contributed by atoms with Crippen LogP contribution in [0.4, 0.5) is 0 Å². The first kappa shape index (κ1) is 7.86. The first-order valence-electron chi connectivity index (χ1n) is 4.53. The van der Waals surface area contributed by atoms with Gasteiger partial charge in [-0.1, -0.05) is 0 Å². The zero-order valence-corrected chi connectivity index (χ0v) is 7.20. The van der Waals surface area contributed by atoms with Crippen molar-refractivity contribution in [1.29, 1.82) is 0 Å². The maximum Gasteiger partial charge on any atom is 0.122 e. The SMILES string of the molecule is N/C(=N\N1CCOCC1)C1CC1. The van der Waals surface area contributed by atoms with E-state index in [4.69, 9.17) is 10.5 Å². The Morgan fingerprint density at radius 3 is 2.58 bits per heavy atom. The Bertz CT molecular complexity index is 183. The van der Waals surface area contributed by atoms with Crippen LogP contribution in [-0.2, 0) is 4.74 Å². The molecule has 0 radical (unpaired) electrons. The fraction of sp³-hybridized carbons (Fsp3) is 0.875. The summed E-state index contributed by atoms with van der Waals surface area (Å²) in [5, 5.41) is 6.36. The van der Waals surface area contributed by atoms with Crippen molar-refractivity contribution in [1.82, 2.24) is 5.01 Å². The average molecular weight is 169 g/mol. The largest absolute Gasteiger partial charge is 0.385 e. The van der Waals surface area contributed by atoms with Gasteiger partial charge in [-0.15, -0.1) is 0 Å². The van der Waals surface area contributed by atoms with Crippen LogP contribution in [0.15, 0.2) is 5.10 Å². The minimum Gasteiger partial charge on any atom is -0.385 e. The van der Waals surface area contributed by atoms with Crippen LogP contribution in [0.3, 0.4) is 0 Å². The molecule has 0 aromatic carbocycles. The molecule has 4 heteroatoms. The first-order chi connectivity index (χ1) is 5.86. The van der Waals surface area contributed by atoms with E-state index in [2.05, 4.69) is 5.10 Å². The highest BCUT2D eigenvalue weighted by Gasteiger charge is 2.26. The number of hydrazone groups is 1. The molecule has 1 aliphatic carbocycles. The van der Waals surface area contributed by atoms with Crippen molar-refractivity contribution in [2.45, 2.75) is 12.8 Å². The lowest BCUT2D eigenvalue weighted by atomic mass is 10.4. The zero-order valence-electron chi connectivity index (χ0n) is 7.20. The second kappa shape index (κ2) is 3.31. The number of rotatable bonds is 2. The van der Waals surface area contributed by atoms with Gasteiger partial charge in [0.15, 0.2) is 0 Å². The lowest BCUT2D eigenvalue weighted by molar-refractivity contribution is 0.0391. The van der Waals surface area contributed by atoms with Crippen LogP contribution in [0, 0.1) is 5.92 Å². The summed E-state index contributed by atoms with van der Waals surface area (Å²) in [6.07, 6.45) is 2.44. The molecule has 0 unspecified atom stereocenters. The molecule has 1 saturated heterocycles. The summed E-state index contributed by atoms with van der Waals surface area (Å²) in [4.78, 5) is 0. The van der Waals surface area contributed by atoms with Crippen molar-refractivity contribution in [3.05, 3.63) is 0 Å². The topological polar surface area (TPSA) is 50.8 Å². The highest BCUT2D eigenvalue weighted by atomic mass is 16.5. The Kier molecular flexibility index (Phi) is 2.17. The minimum atomic E-state index is 0.577. The summed E-state index contributed by atoms with van der Waals surface area (Å²) in [7, 11) is 0. The number of ether oxygens (including phenoxy) is 1. The maximum atomic E-state index is 5.78. The van der Waals surface area contributed by atoms with Gasteiger partial charge in [-0.05, 0) is 12.8 Å². The molecule has 0 atom stereocenters. The van der Waals surface area contributed by atoms with Crippen LogP contribution in [-0.4, -0.2) is 37.1 Å². The molecule has 12 heavy (non-hydrogen) atoms. The summed E-state index contributed by atoms with van der Waals surface area (Å²) in [6.45, 7) is 3.32. The normalized spacial score (nSPS) is 26.0. The van der Waals surface area contributed by atoms with E-state index in [1.54, 1.807) is 0 Å². The standard InChI is InChI=1S/C8H15N3O/c9-8(7-1-2-7)10-11-3-5-12-6-4-11/h7H,1-6H2,(H2,9,10). The third kappa shape index (κ3) is 1.88. The summed E-state index contributed by atoms with van der Waals surface area (Å²) < 4.78 is 5.21. The van der Waals surface area contributed by atoms with Gasteiger partial charge in [0, 0.05) is 5.92 Å². The first-order valence-corrected chi connectivity index (χ1v) is 4.53. The van der Waals surface area contributed by atoms with Crippen LogP contribution in [0.2, 0.25) is 0 Å². The molecule has 2 fully saturated rings. The lowest BCUT2D eigenvalue weighted by Gasteiger charge is -2.24. The third-order valence-corrected chi connectivity index (χ3v) is 2.24. The number of nitrogens with two attached hydrogens (primary N) is 1. The molecule has 0 spiro atoms. The zero-order chi connectivity index (χ0) is 8.39. The molecule has 0 amide bonds. The van der Waals surface area contributed by atoms with Gasteiger partial charge < -0.3 is 10.5 Å². The van der Waals surface area contributed by atoms with Crippen LogP contribution in [0.5, 0.6) is 0 Å². The van der Waals surface area contributed by atoms with Crippen molar-refractivity contribution in [2.75, 3.05) is 26.3 Å². The fourth-order valence-electron chi connectivity index (χ4n) is 1.28. The van der Waals surface area contributed by atoms with E-state index in [1.807, 2.05) is 5.01 Å². The molecule has 1 heterocycles. The number of amidine groups is 1. The van der Waals surface area contributed by atoms with Crippen molar-refractivity contribution in [3.8, 4) is 0 Å². The van der Waals surface area contributed by atoms with E-state index in [0.717, 1.165) is 32.1 Å². The maximum absolute atomic E-state index is 5.78. The minimum absolute atomic E-state index is 0.577. The van der Waals surface area contributed by atoms with Crippen LogP contribution in [0.1, 0.15) is 12.8 Å². The lowest BCUT2D eigenvalue weighted by Crippen LogP contribution is -2.34. The van der Waals surface area contributed by atoms with E-state index in [-0.39, 0.29) is 0 Å². The van der Waals surface area contributed by atoms with Crippen LogP contribution in [0.25, 0.3) is 0 Å². The quantitative estimate of drug-likeness (QED) is 0.467. The van der Waals surface area contributed by atoms with E-state index in [0.29, 0.717) is 5.92 Å². The van der Waals surface area contributed by atoms with E-state index >= 15 is 0 Å². The second-order valence-electron chi connectivity index (χ2n) is 3.37. The van der Waals surface area contributed by atoms with Crippen molar-refractivity contribution < 1.29 is 4.74 Å². The molecule has 0 aromatic heterocycles.